The molecule has 1 aromatic carbocycles. The number of amides is 4. The summed E-state index contributed by atoms with van der Waals surface area (Å²) in [6, 6.07) is 3.62. The number of aromatic nitrogens is 1. The molecule has 47 heavy (non-hydrogen) atoms. The van der Waals surface area contributed by atoms with Crippen LogP contribution in [0.5, 0.6) is 0 Å². The normalized spacial score (nSPS) is 14.6. The van der Waals surface area contributed by atoms with Gasteiger partial charge in [-0.15, -0.1) is 0 Å². The molecule has 5 atom stereocenters. The number of para-hydroxylation sites is 1. The van der Waals surface area contributed by atoms with Crippen LogP contribution in [-0.2, 0) is 35.2 Å². The third kappa shape index (κ3) is 12.1. The van der Waals surface area contributed by atoms with Gasteiger partial charge >= 0.3 is 5.97 Å². The molecule has 0 aliphatic rings. The Kier molecular flexibility index (Phi) is 15.5. The van der Waals surface area contributed by atoms with Gasteiger partial charge in [0.1, 0.15) is 12.1 Å². The number of rotatable bonds is 21. The second kappa shape index (κ2) is 18.7. The Balaban J connectivity index is 2.15. The Morgan fingerprint density at radius 3 is 2.09 bits per heavy atom. The van der Waals surface area contributed by atoms with E-state index in [0.29, 0.717) is 19.4 Å². The van der Waals surface area contributed by atoms with Gasteiger partial charge < -0.3 is 43.2 Å². The zero-order valence-electron chi connectivity index (χ0n) is 27.7. The van der Waals surface area contributed by atoms with Gasteiger partial charge in [0, 0.05) is 35.9 Å². The summed E-state index contributed by atoms with van der Waals surface area (Å²) in [7, 11) is 0. The van der Waals surface area contributed by atoms with Crippen molar-refractivity contribution < 1.29 is 33.9 Å². The third-order valence-corrected chi connectivity index (χ3v) is 8.15. The third-order valence-electron chi connectivity index (χ3n) is 8.15. The van der Waals surface area contributed by atoms with E-state index in [1.54, 1.807) is 33.9 Å². The number of fused-ring (bicyclic) bond motifs is 1. The summed E-state index contributed by atoms with van der Waals surface area (Å²) in [5.41, 5.74) is 19.1. The van der Waals surface area contributed by atoms with E-state index in [1.807, 2.05) is 24.3 Å². The van der Waals surface area contributed by atoms with Gasteiger partial charge in [-0.3, -0.25) is 28.8 Å². The first kappa shape index (κ1) is 38.9. The fourth-order valence-corrected chi connectivity index (χ4v) is 5.33. The van der Waals surface area contributed by atoms with E-state index in [4.69, 9.17) is 22.3 Å². The molecular weight excluding hydrogens is 606 g/mol. The van der Waals surface area contributed by atoms with Crippen LogP contribution in [0, 0.1) is 17.8 Å². The van der Waals surface area contributed by atoms with Crippen molar-refractivity contribution in [1.82, 2.24) is 20.9 Å². The summed E-state index contributed by atoms with van der Waals surface area (Å²) in [6.45, 7) is 7.31. The average molecular weight is 658 g/mol. The number of hydrogen-bond donors (Lipinski definition) is 8. The second-order valence-corrected chi connectivity index (χ2v) is 12.7. The Morgan fingerprint density at radius 1 is 0.851 bits per heavy atom. The Labute approximate surface area is 275 Å². The number of ketones is 1. The lowest BCUT2D eigenvalue weighted by atomic mass is 9.89. The van der Waals surface area contributed by atoms with E-state index in [1.165, 1.54) is 0 Å². The van der Waals surface area contributed by atoms with Crippen molar-refractivity contribution in [2.75, 3.05) is 6.54 Å². The van der Waals surface area contributed by atoms with Gasteiger partial charge in [0.2, 0.25) is 23.6 Å². The number of primary amides is 1. The molecule has 0 aliphatic heterocycles. The first-order valence-electron chi connectivity index (χ1n) is 16.1. The molecule has 0 aliphatic carbocycles. The lowest BCUT2D eigenvalue weighted by Crippen LogP contribution is -2.59. The monoisotopic (exact) mass is 657 g/mol. The highest BCUT2D eigenvalue weighted by atomic mass is 16.4. The smallest absolute Gasteiger partial charge is 0.303 e. The predicted octanol–water partition coefficient (Wildman–Crippen LogP) is 0.859. The van der Waals surface area contributed by atoms with Gasteiger partial charge in [0.25, 0.3) is 0 Å². The molecule has 0 radical (unpaired) electrons. The van der Waals surface area contributed by atoms with Crippen LogP contribution in [0.4, 0.5) is 0 Å². The molecule has 0 saturated carbocycles. The fraction of sp³-hybridized carbons (Fsp3) is 0.576. The summed E-state index contributed by atoms with van der Waals surface area (Å²) in [4.78, 5) is 79.5. The lowest BCUT2D eigenvalue weighted by Gasteiger charge is -2.28. The molecule has 1 heterocycles. The van der Waals surface area contributed by atoms with Gasteiger partial charge in [0.15, 0.2) is 5.78 Å². The fourth-order valence-electron chi connectivity index (χ4n) is 5.33. The van der Waals surface area contributed by atoms with Gasteiger partial charge in [-0.25, -0.2) is 0 Å². The standard InChI is InChI=1S/C33H51N7O7/c1-18(2)28(26(41)16-20(30(36)44)12-13-27(42)43)39-32(46)25(11-7-8-14-34)38-33(47)29(19(3)4)40-31(45)23(35)15-21-17-37-24-10-6-5-9-22(21)24/h5-6,9-10,17-20,23,25,28-29,37H,7-8,11-16,34-35H2,1-4H3,(H2,36,44)(H,38,47)(H,39,46)(H,40,45)(H,42,43)/t20-,23+,25+,28+,29+/m1/s1. The molecular formula is C33H51N7O7. The number of nitrogens with two attached hydrogens (primary N) is 3. The van der Waals surface area contributed by atoms with E-state index in [-0.39, 0.29) is 43.9 Å². The highest BCUT2D eigenvalue weighted by Gasteiger charge is 2.33. The number of unbranched alkanes of at least 4 members (excludes halogenated alkanes) is 1. The molecule has 260 valence electrons. The maximum atomic E-state index is 13.5. The van der Waals surface area contributed by atoms with Gasteiger partial charge in [0.05, 0.1) is 12.1 Å². The number of benzene rings is 1. The quantitative estimate of drug-likeness (QED) is 0.0885. The molecule has 0 unspecified atom stereocenters. The van der Waals surface area contributed by atoms with Crippen LogP contribution in [0.15, 0.2) is 30.5 Å². The number of aliphatic carboxylic acids is 1. The molecule has 2 aromatic rings. The highest BCUT2D eigenvalue weighted by Crippen LogP contribution is 2.19. The van der Waals surface area contributed by atoms with Gasteiger partial charge in [-0.2, -0.15) is 0 Å². The number of aromatic amines is 1. The average Bonchev–Trinajstić information content (AvgIpc) is 3.41. The summed E-state index contributed by atoms with van der Waals surface area (Å²) in [5.74, 6) is -5.88. The van der Waals surface area contributed by atoms with Crippen molar-refractivity contribution in [3.8, 4) is 0 Å². The number of carbonyl (C=O) groups excluding carboxylic acids is 5. The number of Topliss-reactive ketones (excluding diaryl/α,β-unsaturated/α-hetero) is 1. The van der Waals surface area contributed by atoms with Crippen molar-refractivity contribution in [1.29, 1.82) is 0 Å². The molecule has 2 rings (SSSR count). The molecule has 11 N–H and O–H groups in total. The number of H-pyrrole nitrogens is 1. The van der Waals surface area contributed by atoms with Crippen LogP contribution >= 0.6 is 0 Å². The second-order valence-electron chi connectivity index (χ2n) is 12.7. The molecule has 4 amide bonds. The van der Waals surface area contributed by atoms with Crippen LogP contribution in [0.2, 0.25) is 0 Å². The minimum Gasteiger partial charge on any atom is -0.481 e. The van der Waals surface area contributed by atoms with Crippen molar-refractivity contribution in [3.05, 3.63) is 36.0 Å². The van der Waals surface area contributed by atoms with Crippen molar-refractivity contribution in [2.45, 2.75) is 96.8 Å². The van der Waals surface area contributed by atoms with E-state index in [0.717, 1.165) is 16.5 Å². The van der Waals surface area contributed by atoms with Crippen LogP contribution in [0.1, 0.15) is 71.8 Å². The van der Waals surface area contributed by atoms with Crippen LogP contribution < -0.4 is 33.2 Å². The number of carboxylic acids is 1. The summed E-state index contributed by atoms with van der Waals surface area (Å²) < 4.78 is 0. The minimum atomic E-state index is -1.12. The summed E-state index contributed by atoms with van der Waals surface area (Å²) in [6.07, 6.45) is 2.56. The van der Waals surface area contributed by atoms with Crippen LogP contribution in [0.3, 0.4) is 0 Å². The maximum absolute atomic E-state index is 13.5. The van der Waals surface area contributed by atoms with Crippen LogP contribution in [-0.4, -0.2) is 76.2 Å². The van der Waals surface area contributed by atoms with Crippen molar-refractivity contribution >= 4 is 46.3 Å². The van der Waals surface area contributed by atoms with Crippen molar-refractivity contribution in [3.63, 3.8) is 0 Å². The number of carboxylic acid groups (broad SMARTS) is 1. The van der Waals surface area contributed by atoms with E-state index < -0.39 is 65.5 Å². The zero-order valence-corrected chi connectivity index (χ0v) is 27.7. The molecule has 0 spiro atoms. The molecule has 1 aromatic heterocycles. The predicted molar refractivity (Wildman–Crippen MR) is 178 cm³/mol. The lowest BCUT2D eigenvalue weighted by molar-refractivity contribution is -0.138. The first-order valence-corrected chi connectivity index (χ1v) is 16.1. The molecule has 14 heteroatoms. The number of hydrogen-bond acceptors (Lipinski definition) is 8. The molecule has 0 saturated heterocycles. The highest BCUT2D eigenvalue weighted by molar-refractivity contribution is 5.96. The minimum absolute atomic E-state index is 0.110. The van der Waals surface area contributed by atoms with E-state index in [9.17, 15) is 28.8 Å². The number of nitrogens with one attached hydrogen (secondary N) is 4. The molecule has 14 nitrogen and oxygen atoms in total. The maximum Gasteiger partial charge on any atom is 0.303 e. The van der Waals surface area contributed by atoms with Gasteiger partial charge in [-0.05, 0) is 62.1 Å². The Bertz CT molecular complexity index is 1390. The SMILES string of the molecule is CC(C)[C@H](NC(=O)[C@H](CCCCN)NC(=O)[C@@H](NC(=O)[C@@H](N)Cc1c[nH]c2ccccc12)C(C)C)C(=O)C[C@@H](CCC(=O)O)C(N)=O. The van der Waals surface area contributed by atoms with Crippen LogP contribution in [0.25, 0.3) is 10.9 Å². The Hall–Kier alpha value is -4.30. The zero-order chi connectivity index (χ0) is 35.3. The Morgan fingerprint density at radius 2 is 1.49 bits per heavy atom. The van der Waals surface area contributed by atoms with E-state index in [2.05, 4.69) is 20.9 Å². The summed E-state index contributed by atoms with van der Waals surface area (Å²) >= 11 is 0. The number of carbonyl (C=O) groups is 6. The first-order chi connectivity index (χ1) is 22.2. The molecule has 0 bridgehead atoms. The van der Waals surface area contributed by atoms with Crippen molar-refractivity contribution in [2.24, 2.45) is 35.0 Å². The topological polar surface area (TPSA) is 253 Å². The largest absolute Gasteiger partial charge is 0.481 e. The van der Waals surface area contributed by atoms with E-state index >= 15 is 0 Å². The summed E-state index contributed by atoms with van der Waals surface area (Å²) in [5, 5.41) is 18.1. The van der Waals surface area contributed by atoms with Gasteiger partial charge in [-0.1, -0.05) is 45.9 Å². The molecule has 0 fully saturated rings.